The van der Waals surface area contributed by atoms with E-state index >= 15 is 0 Å². The molecule has 0 spiro atoms. The molecule has 4 aromatic rings. The highest BCUT2D eigenvalue weighted by atomic mass is 32.1. The molecule has 124 valence electrons. The Kier molecular flexibility index (Phi) is 3.58. The monoisotopic (exact) mass is 345 g/mol. The van der Waals surface area contributed by atoms with E-state index in [1.807, 2.05) is 0 Å². The summed E-state index contributed by atoms with van der Waals surface area (Å²) < 4.78 is 5.45. The number of benzene rings is 4. The molecule has 0 atom stereocenters. The van der Waals surface area contributed by atoms with E-state index in [1.165, 1.54) is 37.9 Å². The van der Waals surface area contributed by atoms with Crippen LogP contribution in [0.25, 0.3) is 32.3 Å². The van der Waals surface area contributed by atoms with Crippen LogP contribution in [0.5, 0.6) is 0 Å². The molecule has 1 fully saturated rings. The van der Waals surface area contributed by atoms with Gasteiger partial charge in [0.25, 0.3) is 0 Å². The van der Waals surface area contributed by atoms with Gasteiger partial charge in [-0.3, -0.25) is 0 Å². The standard InChI is InChI=1S/C22H19NOS/c25-20(23-10-12-24-13-11-23)14-18-7-6-17-5-4-15-2-1-3-16-8-9-19(18)22(17)21(15)16/h1-9H,10-14H2. The first-order chi connectivity index (χ1) is 12.3. The Morgan fingerprint density at radius 3 is 2.24 bits per heavy atom. The molecule has 0 saturated carbocycles. The zero-order chi connectivity index (χ0) is 16.8. The molecule has 1 aliphatic rings. The lowest BCUT2D eigenvalue weighted by molar-refractivity contribution is 0.0685. The van der Waals surface area contributed by atoms with E-state index in [-0.39, 0.29) is 0 Å². The van der Waals surface area contributed by atoms with Crippen LogP contribution in [0.2, 0.25) is 0 Å². The lowest BCUT2D eigenvalue weighted by Crippen LogP contribution is -2.40. The van der Waals surface area contributed by atoms with Gasteiger partial charge in [-0.1, -0.05) is 66.8 Å². The smallest absolute Gasteiger partial charge is 0.0825 e. The third-order valence-electron chi connectivity index (χ3n) is 5.32. The van der Waals surface area contributed by atoms with E-state index in [2.05, 4.69) is 59.5 Å². The van der Waals surface area contributed by atoms with Crippen LogP contribution in [0.4, 0.5) is 0 Å². The van der Waals surface area contributed by atoms with Gasteiger partial charge in [0.15, 0.2) is 0 Å². The van der Waals surface area contributed by atoms with Crippen LogP contribution in [0.1, 0.15) is 5.56 Å². The SMILES string of the molecule is S=C(Cc1ccc2ccc3cccc4ccc1c2c34)N1CCOCC1. The Morgan fingerprint density at radius 1 is 0.840 bits per heavy atom. The number of ether oxygens (including phenoxy) is 1. The third kappa shape index (κ3) is 2.46. The van der Waals surface area contributed by atoms with Crippen LogP contribution in [0, 0.1) is 0 Å². The molecule has 2 nitrogen and oxygen atoms in total. The number of hydrogen-bond acceptors (Lipinski definition) is 2. The zero-order valence-electron chi connectivity index (χ0n) is 14.0. The maximum absolute atomic E-state index is 5.74. The van der Waals surface area contributed by atoms with Gasteiger partial charge in [0.1, 0.15) is 0 Å². The van der Waals surface area contributed by atoms with Gasteiger partial charge in [0, 0.05) is 19.5 Å². The molecular weight excluding hydrogens is 326 g/mol. The van der Waals surface area contributed by atoms with Crippen molar-refractivity contribution in [3.63, 3.8) is 0 Å². The van der Waals surface area contributed by atoms with Gasteiger partial charge in [-0.2, -0.15) is 0 Å². The minimum Gasteiger partial charge on any atom is -0.378 e. The van der Waals surface area contributed by atoms with Crippen molar-refractivity contribution in [2.24, 2.45) is 0 Å². The molecule has 0 aliphatic carbocycles. The third-order valence-corrected chi connectivity index (χ3v) is 5.73. The average molecular weight is 345 g/mol. The number of morpholine rings is 1. The maximum atomic E-state index is 5.74. The zero-order valence-corrected chi connectivity index (χ0v) is 14.8. The normalized spacial score (nSPS) is 15.4. The van der Waals surface area contributed by atoms with Gasteiger partial charge in [0.05, 0.1) is 18.2 Å². The van der Waals surface area contributed by atoms with E-state index in [4.69, 9.17) is 17.0 Å². The molecule has 0 radical (unpaired) electrons. The number of thiocarbonyl (C=S) groups is 1. The lowest BCUT2D eigenvalue weighted by atomic mass is 9.91. The lowest BCUT2D eigenvalue weighted by Gasteiger charge is -2.29. The molecule has 5 rings (SSSR count). The van der Waals surface area contributed by atoms with E-state index in [9.17, 15) is 0 Å². The van der Waals surface area contributed by atoms with E-state index in [1.54, 1.807) is 0 Å². The number of hydrogen-bond donors (Lipinski definition) is 0. The van der Waals surface area contributed by atoms with Crippen LogP contribution in [0.15, 0.2) is 54.6 Å². The fourth-order valence-corrected chi connectivity index (χ4v) is 4.38. The average Bonchev–Trinajstić information content (AvgIpc) is 2.68. The maximum Gasteiger partial charge on any atom is 0.0825 e. The van der Waals surface area contributed by atoms with Crippen molar-refractivity contribution >= 4 is 49.5 Å². The van der Waals surface area contributed by atoms with Crippen molar-refractivity contribution in [3.05, 3.63) is 60.2 Å². The number of nitrogens with zero attached hydrogens (tertiary/aromatic N) is 1. The molecular formula is C22H19NOS. The minimum absolute atomic E-state index is 0.776. The van der Waals surface area contributed by atoms with Gasteiger partial charge in [-0.05, 0) is 37.9 Å². The van der Waals surface area contributed by atoms with Gasteiger partial charge in [-0.25, -0.2) is 0 Å². The van der Waals surface area contributed by atoms with Crippen molar-refractivity contribution < 1.29 is 4.74 Å². The fourth-order valence-electron chi connectivity index (χ4n) is 4.04. The second-order valence-electron chi connectivity index (χ2n) is 6.75. The highest BCUT2D eigenvalue weighted by Gasteiger charge is 2.16. The summed E-state index contributed by atoms with van der Waals surface area (Å²) in [5, 5.41) is 8.00. The molecule has 1 heterocycles. The van der Waals surface area contributed by atoms with Crippen molar-refractivity contribution in [2.45, 2.75) is 6.42 Å². The largest absolute Gasteiger partial charge is 0.378 e. The van der Waals surface area contributed by atoms with Crippen molar-refractivity contribution in [1.29, 1.82) is 0 Å². The van der Waals surface area contributed by atoms with Crippen LogP contribution in [-0.2, 0) is 11.2 Å². The summed E-state index contributed by atoms with van der Waals surface area (Å²) in [6.45, 7) is 3.37. The first-order valence-electron chi connectivity index (χ1n) is 8.82. The molecule has 0 amide bonds. The topological polar surface area (TPSA) is 12.5 Å². The number of rotatable bonds is 2. The highest BCUT2D eigenvalue weighted by Crippen LogP contribution is 2.36. The van der Waals surface area contributed by atoms with Gasteiger partial charge >= 0.3 is 0 Å². The summed E-state index contributed by atoms with van der Waals surface area (Å²) in [6, 6.07) is 20.0. The first-order valence-corrected chi connectivity index (χ1v) is 9.23. The summed E-state index contributed by atoms with van der Waals surface area (Å²) in [6.07, 6.45) is 0.823. The molecule has 0 aromatic heterocycles. The summed E-state index contributed by atoms with van der Waals surface area (Å²) in [5.41, 5.74) is 1.32. The van der Waals surface area contributed by atoms with Gasteiger partial charge in [-0.15, -0.1) is 0 Å². The van der Waals surface area contributed by atoms with Crippen LogP contribution in [-0.4, -0.2) is 36.2 Å². The van der Waals surface area contributed by atoms with Gasteiger partial charge < -0.3 is 9.64 Å². The molecule has 3 heteroatoms. The van der Waals surface area contributed by atoms with Crippen LogP contribution >= 0.6 is 12.2 Å². The molecule has 0 bridgehead atoms. The molecule has 25 heavy (non-hydrogen) atoms. The van der Waals surface area contributed by atoms with E-state index < -0.39 is 0 Å². The molecule has 0 unspecified atom stereocenters. The Hall–Kier alpha value is -2.23. The second-order valence-corrected chi connectivity index (χ2v) is 7.22. The first kappa shape index (κ1) is 15.1. The van der Waals surface area contributed by atoms with Crippen molar-refractivity contribution in [2.75, 3.05) is 26.3 Å². The molecule has 1 saturated heterocycles. The fraction of sp³-hybridized carbons (Fsp3) is 0.227. The van der Waals surface area contributed by atoms with Crippen LogP contribution in [0.3, 0.4) is 0 Å². The van der Waals surface area contributed by atoms with E-state index in [0.29, 0.717) is 0 Å². The summed E-state index contributed by atoms with van der Waals surface area (Å²) >= 11 is 5.74. The quantitative estimate of drug-likeness (QED) is 0.383. The summed E-state index contributed by atoms with van der Waals surface area (Å²) in [5.74, 6) is 0. The Labute approximate surface area is 152 Å². The molecule has 4 aromatic carbocycles. The van der Waals surface area contributed by atoms with Crippen molar-refractivity contribution in [3.8, 4) is 0 Å². The Balaban J connectivity index is 1.64. The summed E-state index contributed by atoms with van der Waals surface area (Å²) in [4.78, 5) is 3.31. The predicted octanol–water partition coefficient (Wildman–Crippen LogP) is 4.79. The van der Waals surface area contributed by atoms with Crippen LogP contribution < -0.4 is 0 Å². The molecule has 1 aliphatic heterocycles. The highest BCUT2D eigenvalue weighted by molar-refractivity contribution is 7.80. The Morgan fingerprint density at radius 2 is 1.48 bits per heavy atom. The minimum atomic E-state index is 0.776. The summed E-state index contributed by atoms with van der Waals surface area (Å²) in [7, 11) is 0. The van der Waals surface area contributed by atoms with E-state index in [0.717, 1.165) is 37.7 Å². The molecule has 0 N–H and O–H groups in total. The predicted molar refractivity (Wildman–Crippen MR) is 109 cm³/mol. The second kappa shape index (κ2) is 5.94. The van der Waals surface area contributed by atoms with Gasteiger partial charge in [0.2, 0.25) is 0 Å². The Bertz CT molecular complexity index is 1070. The van der Waals surface area contributed by atoms with Crippen molar-refractivity contribution in [1.82, 2.24) is 4.90 Å².